The molecule has 2 atom stereocenters. The number of allylic oxidation sites excluding steroid dienone is 4. The number of benzene rings is 10. The lowest BCUT2D eigenvalue weighted by Gasteiger charge is -2.45. The Hall–Kier alpha value is -8.92. The summed E-state index contributed by atoms with van der Waals surface area (Å²) in [4.78, 5) is 5.15. The van der Waals surface area contributed by atoms with Crippen LogP contribution in [-0.2, 0) is 10.8 Å². The maximum absolute atomic E-state index is 2.57. The fourth-order valence-corrected chi connectivity index (χ4v) is 13.8. The quantitative estimate of drug-likeness (QED) is 0.126. The molecule has 2 aliphatic heterocycles. The number of nitrogens with zero attached hydrogens (tertiary/aromatic N) is 2. The van der Waals surface area contributed by atoms with Gasteiger partial charge in [0.2, 0.25) is 0 Å². The summed E-state index contributed by atoms with van der Waals surface area (Å²) in [6.45, 7) is 14.1. The third-order valence-electron chi connectivity index (χ3n) is 18.2. The molecule has 2 heterocycles. The predicted molar refractivity (Wildman–Crippen MR) is 340 cm³/mol. The van der Waals surface area contributed by atoms with Gasteiger partial charge in [0.1, 0.15) is 0 Å². The van der Waals surface area contributed by atoms with Crippen molar-refractivity contribution in [3.63, 3.8) is 0 Å². The number of anilines is 6. The molecule has 0 N–H and O–H groups in total. The molecule has 3 heteroatoms. The molecule has 0 saturated heterocycles. The highest BCUT2D eigenvalue weighted by atomic mass is 15.2. The van der Waals surface area contributed by atoms with Crippen LogP contribution in [-0.4, -0.2) is 6.71 Å². The molecule has 0 aromatic heterocycles. The van der Waals surface area contributed by atoms with Crippen LogP contribution in [0.1, 0.15) is 86.4 Å². The third kappa shape index (κ3) is 8.08. The van der Waals surface area contributed by atoms with Crippen molar-refractivity contribution in [2.24, 2.45) is 11.8 Å². The molecule has 10 aromatic carbocycles. The molecule has 0 spiro atoms. The average Bonchev–Trinajstić information content (AvgIpc) is 3.69. The van der Waals surface area contributed by atoms with Crippen LogP contribution < -0.4 is 36.6 Å². The zero-order valence-electron chi connectivity index (χ0n) is 46.6. The summed E-state index contributed by atoms with van der Waals surface area (Å²) < 4.78 is 0. The Labute approximate surface area is 473 Å². The van der Waals surface area contributed by atoms with Gasteiger partial charge in [-0.3, -0.25) is 0 Å². The number of hydrogen-bond donors (Lipinski definition) is 0. The van der Waals surface area contributed by atoms with E-state index in [0.717, 1.165) is 11.4 Å². The molecule has 0 bridgehead atoms. The monoisotopic (exact) mass is 1030 g/mol. The first-order valence-electron chi connectivity index (χ1n) is 28.7. The Kier molecular flexibility index (Phi) is 12.0. The lowest BCUT2D eigenvalue weighted by Crippen LogP contribution is -2.61. The molecule has 0 fully saturated rings. The highest BCUT2D eigenvalue weighted by Crippen LogP contribution is 2.49. The first-order chi connectivity index (χ1) is 39.0. The SMILES string of the molecule is CC(C)c1cc(C2=c3ccccc3=C(c3ccccc3)C3C=CC=C[C@@H]23)cc(-c2cc3c4c(c2)N(c2ccccc2)c2ccc(C(C)(C)c5ccccc5)cc2B4c2cc(C(C)(C)c4ccccc4)ccc2N3c2ccccc2)c1. The molecule has 0 amide bonds. The maximum Gasteiger partial charge on any atom is 0.252 e. The Balaban J connectivity index is 1.07. The normalized spacial score (nSPS) is 16.0. The minimum atomic E-state index is -0.258. The molecule has 10 aromatic rings. The summed E-state index contributed by atoms with van der Waals surface area (Å²) in [5, 5.41) is 2.63. The maximum atomic E-state index is 2.57. The van der Waals surface area contributed by atoms with E-state index >= 15 is 0 Å². The van der Waals surface area contributed by atoms with E-state index in [4.69, 9.17) is 0 Å². The smallest absolute Gasteiger partial charge is 0.252 e. The van der Waals surface area contributed by atoms with Crippen molar-refractivity contribution in [2.45, 2.75) is 58.3 Å². The second-order valence-corrected chi connectivity index (χ2v) is 23.8. The number of rotatable bonds is 10. The van der Waals surface area contributed by atoms with Crippen LogP contribution >= 0.6 is 0 Å². The van der Waals surface area contributed by atoms with Gasteiger partial charge >= 0.3 is 0 Å². The fraction of sp³-hybridized carbons (Fsp3) is 0.143. The highest BCUT2D eigenvalue weighted by Gasteiger charge is 2.45. The summed E-state index contributed by atoms with van der Waals surface area (Å²) in [6, 6.07) is 91.8. The van der Waals surface area contributed by atoms with E-state index in [1.165, 1.54) is 111 Å². The molecule has 386 valence electrons. The number of hydrogen-bond acceptors (Lipinski definition) is 2. The molecule has 0 radical (unpaired) electrons. The van der Waals surface area contributed by atoms with Crippen molar-refractivity contribution >= 4 is 68.4 Å². The molecule has 1 unspecified atom stereocenters. The van der Waals surface area contributed by atoms with Gasteiger partial charge < -0.3 is 9.80 Å². The first-order valence-corrected chi connectivity index (χ1v) is 28.7. The van der Waals surface area contributed by atoms with Crippen molar-refractivity contribution in [1.29, 1.82) is 0 Å². The van der Waals surface area contributed by atoms with Crippen molar-refractivity contribution < 1.29 is 0 Å². The summed E-state index contributed by atoms with van der Waals surface area (Å²) >= 11 is 0. The van der Waals surface area contributed by atoms with E-state index in [1.54, 1.807) is 0 Å². The topological polar surface area (TPSA) is 6.48 Å². The minimum Gasteiger partial charge on any atom is -0.311 e. The second-order valence-electron chi connectivity index (χ2n) is 23.8. The van der Waals surface area contributed by atoms with Gasteiger partial charge in [0, 0.05) is 56.8 Å². The van der Waals surface area contributed by atoms with Gasteiger partial charge in [0.25, 0.3) is 6.71 Å². The molecular weight excluding hydrogens is 964 g/mol. The Bertz CT molecular complexity index is 4050. The van der Waals surface area contributed by atoms with Crippen LogP contribution in [0.4, 0.5) is 34.1 Å². The molecule has 2 nitrogen and oxygen atoms in total. The van der Waals surface area contributed by atoms with E-state index in [0.29, 0.717) is 5.92 Å². The average molecular weight is 1030 g/mol. The van der Waals surface area contributed by atoms with Gasteiger partial charge in [-0.25, -0.2) is 0 Å². The van der Waals surface area contributed by atoms with Crippen molar-refractivity contribution in [3.8, 4) is 11.1 Å². The van der Waals surface area contributed by atoms with Crippen LogP contribution in [0.5, 0.6) is 0 Å². The van der Waals surface area contributed by atoms with Gasteiger partial charge in [0.05, 0.1) is 0 Å². The van der Waals surface area contributed by atoms with E-state index in [9.17, 15) is 0 Å². The van der Waals surface area contributed by atoms with Crippen molar-refractivity contribution in [1.82, 2.24) is 0 Å². The lowest BCUT2D eigenvalue weighted by molar-refractivity contribution is 0.641. The molecule has 80 heavy (non-hydrogen) atoms. The van der Waals surface area contributed by atoms with Crippen LogP contribution in [0.25, 0.3) is 22.3 Å². The van der Waals surface area contributed by atoms with Gasteiger partial charge in [-0.2, -0.15) is 0 Å². The molecule has 0 saturated carbocycles. The Morgan fingerprint density at radius 3 is 1.23 bits per heavy atom. The first kappa shape index (κ1) is 49.4. The highest BCUT2D eigenvalue weighted by molar-refractivity contribution is 7.00. The molecule has 14 rings (SSSR count). The lowest BCUT2D eigenvalue weighted by atomic mass is 9.33. The van der Waals surface area contributed by atoms with E-state index in [1.807, 2.05) is 0 Å². The van der Waals surface area contributed by atoms with Crippen molar-refractivity contribution in [3.05, 3.63) is 316 Å². The summed E-state index contributed by atoms with van der Waals surface area (Å²) in [5.74, 6) is 0.649. The van der Waals surface area contributed by atoms with Crippen LogP contribution in [0, 0.1) is 11.8 Å². The Morgan fingerprint density at radius 1 is 0.362 bits per heavy atom. The van der Waals surface area contributed by atoms with E-state index in [-0.39, 0.29) is 29.4 Å². The largest absolute Gasteiger partial charge is 0.311 e. The third-order valence-corrected chi connectivity index (χ3v) is 18.2. The summed E-state index contributed by atoms with van der Waals surface area (Å²) in [5.41, 5.74) is 24.8. The van der Waals surface area contributed by atoms with Crippen LogP contribution in [0.3, 0.4) is 0 Å². The van der Waals surface area contributed by atoms with E-state index in [2.05, 4.69) is 318 Å². The van der Waals surface area contributed by atoms with Crippen LogP contribution in [0.2, 0.25) is 0 Å². The second kappa shape index (κ2) is 19.5. The summed E-state index contributed by atoms with van der Waals surface area (Å²) in [7, 11) is 0. The van der Waals surface area contributed by atoms with Gasteiger partial charge in [-0.15, -0.1) is 0 Å². The molecular formula is C77H65BN2. The van der Waals surface area contributed by atoms with E-state index < -0.39 is 0 Å². The zero-order chi connectivity index (χ0) is 54.3. The van der Waals surface area contributed by atoms with Crippen LogP contribution in [0.15, 0.2) is 267 Å². The number of fused-ring (bicyclic) bond motifs is 6. The van der Waals surface area contributed by atoms with Gasteiger partial charge in [0.15, 0.2) is 0 Å². The number of para-hydroxylation sites is 2. The fourth-order valence-electron chi connectivity index (χ4n) is 13.8. The molecule has 2 aliphatic carbocycles. The molecule has 4 aliphatic rings. The van der Waals surface area contributed by atoms with Crippen molar-refractivity contribution in [2.75, 3.05) is 9.80 Å². The van der Waals surface area contributed by atoms with Gasteiger partial charge in [-0.1, -0.05) is 254 Å². The summed E-state index contributed by atoms with van der Waals surface area (Å²) in [6.07, 6.45) is 9.40. The van der Waals surface area contributed by atoms with Gasteiger partial charge in [-0.05, 0) is 149 Å². The minimum absolute atomic E-state index is 0.0815. The standard InChI is InChI=1S/C77H65BN2/c1-51(2)53-44-54(46-56(45-53)74-65-38-24-22-36-63(65)73(52-26-12-7-13-27-52)64-37-23-25-39-66(64)74)55-47-71-75-72(48-55)80(62-34-20-11-21-35-62)70-43-41-60(77(5,6)58-30-16-9-17-31-58)50-68(70)78(75)67-49-59(76(3,4)57-28-14-8-15-29-57)40-42-69(67)79(71)61-32-18-10-19-33-61/h7-51,63,65H,1-6H3/t63?,65-/m1/s1. The Morgan fingerprint density at radius 2 is 0.762 bits per heavy atom. The predicted octanol–water partition coefficient (Wildman–Crippen LogP) is 16.0. The zero-order valence-corrected chi connectivity index (χ0v) is 46.6.